The van der Waals surface area contributed by atoms with Crippen LogP contribution in [0.2, 0.25) is 10.0 Å². The van der Waals surface area contributed by atoms with Gasteiger partial charge in [0.05, 0.1) is 0 Å². The highest BCUT2D eigenvalue weighted by atomic mass is 35.5. The minimum Gasteiger partial charge on any atom is -0.457 e. The molecule has 0 radical (unpaired) electrons. The molecule has 2 aromatic rings. The van der Waals surface area contributed by atoms with Crippen molar-refractivity contribution in [3.8, 4) is 11.5 Å². The van der Waals surface area contributed by atoms with Crippen LogP contribution in [0.25, 0.3) is 0 Å². The van der Waals surface area contributed by atoms with Crippen LogP contribution in [0.1, 0.15) is 58.4 Å². The van der Waals surface area contributed by atoms with Crippen molar-refractivity contribution in [1.82, 2.24) is 0 Å². The summed E-state index contributed by atoms with van der Waals surface area (Å²) in [4.78, 5) is 0. The van der Waals surface area contributed by atoms with E-state index in [-0.39, 0.29) is 0 Å². The molecule has 2 rings (SSSR count). The van der Waals surface area contributed by atoms with Gasteiger partial charge in [-0.15, -0.1) is 0 Å². The van der Waals surface area contributed by atoms with Crippen molar-refractivity contribution in [2.75, 3.05) is 0 Å². The summed E-state index contributed by atoms with van der Waals surface area (Å²) >= 11 is 12.1. The third kappa shape index (κ3) is 6.92. The molecule has 1 nitrogen and oxygen atoms in total. The van der Waals surface area contributed by atoms with E-state index in [1.54, 1.807) is 18.2 Å². The number of hydrogen-bond donors (Lipinski definition) is 0. The lowest BCUT2D eigenvalue weighted by molar-refractivity contribution is 0.394. The molecule has 0 amide bonds. The molecule has 0 spiro atoms. The molecule has 2 aromatic carbocycles. The summed E-state index contributed by atoms with van der Waals surface area (Å²) in [6.07, 6.45) is 3.75. The SMILES string of the molecule is CC(C)CC(C)CC[C@H](C)c1cccc(Oc2cc(Cl)cc(Cl)c2)c1. The van der Waals surface area contributed by atoms with Gasteiger partial charge in [0.15, 0.2) is 0 Å². The minimum absolute atomic E-state index is 0.515. The first-order chi connectivity index (χ1) is 11.8. The van der Waals surface area contributed by atoms with Crippen molar-refractivity contribution < 1.29 is 4.74 Å². The molecule has 0 aliphatic carbocycles. The zero-order valence-corrected chi connectivity index (χ0v) is 17.1. The van der Waals surface area contributed by atoms with Crippen LogP contribution in [0.5, 0.6) is 11.5 Å². The van der Waals surface area contributed by atoms with E-state index in [1.165, 1.54) is 24.8 Å². The van der Waals surface area contributed by atoms with E-state index in [9.17, 15) is 0 Å². The molecule has 0 saturated heterocycles. The summed E-state index contributed by atoms with van der Waals surface area (Å²) in [5, 5.41) is 1.15. The maximum Gasteiger partial charge on any atom is 0.130 e. The van der Waals surface area contributed by atoms with E-state index in [0.29, 0.717) is 21.7 Å². The van der Waals surface area contributed by atoms with Crippen molar-refractivity contribution in [3.63, 3.8) is 0 Å². The van der Waals surface area contributed by atoms with Gasteiger partial charge in [0, 0.05) is 10.0 Å². The summed E-state index contributed by atoms with van der Waals surface area (Å²) in [5.41, 5.74) is 1.31. The Labute approximate surface area is 162 Å². The highest BCUT2D eigenvalue weighted by Gasteiger charge is 2.11. The molecule has 3 heteroatoms. The number of rotatable bonds is 8. The van der Waals surface area contributed by atoms with Crippen LogP contribution < -0.4 is 4.74 Å². The van der Waals surface area contributed by atoms with E-state index < -0.39 is 0 Å². The topological polar surface area (TPSA) is 9.23 Å². The Bertz CT molecular complexity index is 661. The highest BCUT2D eigenvalue weighted by molar-refractivity contribution is 6.34. The number of halogens is 2. The van der Waals surface area contributed by atoms with Gasteiger partial charge < -0.3 is 4.74 Å². The Morgan fingerprint density at radius 1 is 0.840 bits per heavy atom. The lowest BCUT2D eigenvalue weighted by atomic mass is 9.89. The number of ether oxygens (including phenoxy) is 1. The molecular weight excluding hydrogens is 351 g/mol. The Kier molecular flexibility index (Phi) is 7.65. The molecule has 0 N–H and O–H groups in total. The Balaban J connectivity index is 2.00. The first-order valence-corrected chi connectivity index (χ1v) is 9.83. The quantitative estimate of drug-likeness (QED) is 0.448. The smallest absolute Gasteiger partial charge is 0.130 e. The molecule has 1 unspecified atom stereocenters. The lowest BCUT2D eigenvalue weighted by Crippen LogP contribution is -2.03. The van der Waals surface area contributed by atoms with Gasteiger partial charge in [0.1, 0.15) is 11.5 Å². The van der Waals surface area contributed by atoms with Crippen LogP contribution in [0.3, 0.4) is 0 Å². The van der Waals surface area contributed by atoms with Gasteiger partial charge in [-0.1, -0.05) is 69.5 Å². The van der Waals surface area contributed by atoms with Crippen LogP contribution >= 0.6 is 23.2 Å². The Morgan fingerprint density at radius 3 is 2.16 bits per heavy atom. The first-order valence-electron chi connectivity index (χ1n) is 9.07. The standard InChI is InChI=1S/C22H28Cl2O/c1-15(2)10-16(3)8-9-17(4)18-6-5-7-21(11-18)25-22-13-19(23)12-20(24)14-22/h5-7,11-17H,8-10H2,1-4H3/t16?,17-/m0/s1. The van der Waals surface area contributed by atoms with Gasteiger partial charge in [-0.05, 0) is 66.5 Å². The van der Waals surface area contributed by atoms with Crippen molar-refractivity contribution >= 4 is 23.2 Å². The maximum absolute atomic E-state index is 6.04. The second-order valence-corrected chi connectivity index (χ2v) is 8.37. The summed E-state index contributed by atoms with van der Waals surface area (Å²) in [6.45, 7) is 9.23. The van der Waals surface area contributed by atoms with Gasteiger partial charge in [0.25, 0.3) is 0 Å². The fourth-order valence-corrected chi connectivity index (χ4v) is 3.74. The molecule has 2 atom stereocenters. The van der Waals surface area contributed by atoms with Crippen molar-refractivity contribution in [1.29, 1.82) is 0 Å². The van der Waals surface area contributed by atoms with Crippen molar-refractivity contribution in [2.24, 2.45) is 11.8 Å². The van der Waals surface area contributed by atoms with E-state index >= 15 is 0 Å². The monoisotopic (exact) mass is 378 g/mol. The van der Waals surface area contributed by atoms with Crippen LogP contribution in [-0.4, -0.2) is 0 Å². The fourth-order valence-electron chi connectivity index (χ4n) is 3.23. The third-order valence-electron chi connectivity index (χ3n) is 4.47. The average Bonchev–Trinajstić information content (AvgIpc) is 2.51. The molecule has 0 aliphatic rings. The van der Waals surface area contributed by atoms with Crippen LogP contribution in [0, 0.1) is 11.8 Å². The van der Waals surface area contributed by atoms with E-state index in [0.717, 1.165) is 17.6 Å². The van der Waals surface area contributed by atoms with Crippen molar-refractivity contribution in [2.45, 2.75) is 52.9 Å². The molecule has 136 valence electrons. The maximum atomic E-state index is 6.04. The summed E-state index contributed by atoms with van der Waals surface area (Å²) in [5.74, 6) is 3.54. The minimum atomic E-state index is 0.515. The molecule has 0 saturated carbocycles. The average molecular weight is 379 g/mol. The molecule has 0 bridgehead atoms. The molecule has 25 heavy (non-hydrogen) atoms. The fraction of sp³-hybridized carbons (Fsp3) is 0.455. The first kappa shape index (κ1) is 20.1. The van der Waals surface area contributed by atoms with Gasteiger partial charge in [-0.3, -0.25) is 0 Å². The summed E-state index contributed by atoms with van der Waals surface area (Å²) in [7, 11) is 0. The predicted octanol–water partition coefficient (Wildman–Crippen LogP) is 8.35. The van der Waals surface area contributed by atoms with Gasteiger partial charge >= 0.3 is 0 Å². The Hall–Kier alpha value is -1.18. The molecule has 0 heterocycles. The zero-order chi connectivity index (χ0) is 18.4. The van der Waals surface area contributed by atoms with E-state index in [1.807, 2.05) is 12.1 Å². The largest absolute Gasteiger partial charge is 0.457 e. The van der Waals surface area contributed by atoms with Gasteiger partial charge in [-0.25, -0.2) is 0 Å². The van der Waals surface area contributed by atoms with Gasteiger partial charge in [-0.2, -0.15) is 0 Å². The van der Waals surface area contributed by atoms with E-state index in [2.05, 4.69) is 39.8 Å². The summed E-state index contributed by atoms with van der Waals surface area (Å²) in [6, 6.07) is 13.6. The molecular formula is C22H28Cl2O. The third-order valence-corrected chi connectivity index (χ3v) is 4.90. The molecule has 0 fully saturated rings. The molecule has 0 aromatic heterocycles. The zero-order valence-electron chi connectivity index (χ0n) is 15.6. The van der Waals surface area contributed by atoms with E-state index in [4.69, 9.17) is 27.9 Å². The van der Waals surface area contributed by atoms with Crippen LogP contribution in [0.15, 0.2) is 42.5 Å². The van der Waals surface area contributed by atoms with Crippen LogP contribution in [0.4, 0.5) is 0 Å². The Morgan fingerprint density at radius 2 is 1.52 bits per heavy atom. The van der Waals surface area contributed by atoms with Gasteiger partial charge in [0.2, 0.25) is 0 Å². The molecule has 0 aliphatic heterocycles. The number of benzene rings is 2. The second-order valence-electron chi connectivity index (χ2n) is 7.49. The van der Waals surface area contributed by atoms with Crippen LogP contribution in [-0.2, 0) is 0 Å². The predicted molar refractivity (Wildman–Crippen MR) is 109 cm³/mol. The highest BCUT2D eigenvalue weighted by Crippen LogP contribution is 2.31. The normalized spacial score (nSPS) is 13.7. The lowest BCUT2D eigenvalue weighted by Gasteiger charge is -2.18. The van der Waals surface area contributed by atoms with Crippen molar-refractivity contribution in [3.05, 3.63) is 58.1 Å². The second kappa shape index (κ2) is 9.50. The summed E-state index contributed by atoms with van der Waals surface area (Å²) < 4.78 is 5.94. The number of hydrogen-bond acceptors (Lipinski definition) is 1.